The van der Waals surface area contributed by atoms with Crippen LogP contribution >= 0.6 is 0 Å². The van der Waals surface area contributed by atoms with Crippen LogP contribution in [-0.2, 0) is 6.42 Å². The second kappa shape index (κ2) is 9.00. The molecule has 0 spiro atoms. The summed E-state index contributed by atoms with van der Waals surface area (Å²) in [6.07, 6.45) is 0.921. The molecule has 2 nitrogen and oxygen atoms in total. The smallest absolute Gasteiger partial charge is 0.0547 e. The van der Waals surface area contributed by atoms with E-state index in [0.29, 0.717) is 0 Å². The van der Waals surface area contributed by atoms with Gasteiger partial charge in [0.2, 0.25) is 0 Å². The molecule has 8 rings (SSSR count). The number of nitrogens with zero attached hydrogens (tertiary/aromatic N) is 2. The van der Waals surface area contributed by atoms with Crippen LogP contribution in [0, 0.1) is 0 Å². The van der Waals surface area contributed by atoms with Gasteiger partial charge in [-0.1, -0.05) is 104 Å². The van der Waals surface area contributed by atoms with Crippen molar-refractivity contribution in [3.05, 3.63) is 145 Å². The summed E-state index contributed by atoms with van der Waals surface area (Å²) in [6.45, 7) is 2.29. The van der Waals surface area contributed by atoms with E-state index >= 15 is 0 Å². The number of aromatic nitrogens is 2. The quantitative estimate of drug-likeness (QED) is 0.222. The number of benzene rings is 6. The van der Waals surface area contributed by atoms with Gasteiger partial charge in [0.05, 0.1) is 27.8 Å². The minimum Gasteiger partial charge on any atom is -0.309 e. The molecule has 2 heteroatoms. The summed E-state index contributed by atoms with van der Waals surface area (Å²) in [4.78, 5) is 0. The lowest BCUT2D eigenvalue weighted by Gasteiger charge is -2.15. The Morgan fingerprint density at radius 1 is 0.450 bits per heavy atom. The highest BCUT2D eigenvalue weighted by molar-refractivity contribution is 6.18. The molecule has 6 aromatic carbocycles. The van der Waals surface area contributed by atoms with Crippen LogP contribution in [0.3, 0.4) is 0 Å². The molecule has 0 fully saturated rings. The first-order valence-corrected chi connectivity index (χ1v) is 14.0. The second-order valence-corrected chi connectivity index (χ2v) is 10.4. The van der Waals surface area contributed by atoms with Gasteiger partial charge in [-0.15, -0.1) is 0 Å². The third kappa shape index (κ3) is 3.23. The van der Waals surface area contributed by atoms with Crippen molar-refractivity contribution in [1.82, 2.24) is 9.13 Å². The van der Waals surface area contributed by atoms with Crippen LogP contribution in [0.25, 0.3) is 66.1 Å². The van der Waals surface area contributed by atoms with E-state index < -0.39 is 0 Å². The summed E-state index contributed by atoms with van der Waals surface area (Å²) in [5, 5.41) is 5.22. The second-order valence-electron chi connectivity index (χ2n) is 10.4. The van der Waals surface area contributed by atoms with Gasteiger partial charge in [-0.2, -0.15) is 0 Å². The molecular formula is C38H28N2. The predicted molar refractivity (Wildman–Crippen MR) is 170 cm³/mol. The van der Waals surface area contributed by atoms with Crippen molar-refractivity contribution in [3.8, 4) is 22.5 Å². The van der Waals surface area contributed by atoms with Crippen LogP contribution in [0.5, 0.6) is 0 Å². The monoisotopic (exact) mass is 512 g/mol. The van der Waals surface area contributed by atoms with Crippen molar-refractivity contribution in [1.29, 1.82) is 0 Å². The summed E-state index contributed by atoms with van der Waals surface area (Å²) < 4.78 is 4.91. The van der Waals surface area contributed by atoms with Crippen molar-refractivity contribution in [2.24, 2.45) is 0 Å². The number of rotatable bonds is 4. The van der Waals surface area contributed by atoms with Crippen LogP contribution in [0.1, 0.15) is 12.5 Å². The van der Waals surface area contributed by atoms with E-state index in [-0.39, 0.29) is 0 Å². The third-order valence-corrected chi connectivity index (χ3v) is 8.31. The minimum absolute atomic E-state index is 0.921. The van der Waals surface area contributed by atoms with E-state index in [2.05, 4.69) is 156 Å². The zero-order valence-corrected chi connectivity index (χ0v) is 22.4. The fourth-order valence-electron chi connectivity index (χ4n) is 6.67. The fraction of sp³-hybridized carbons (Fsp3) is 0.0526. The van der Waals surface area contributed by atoms with Gasteiger partial charge in [0, 0.05) is 27.2 Å². The van der Waals surface area contributed by atoms with E-state index in [1.165, 1.54) is 71.7 Å². The SMILES string of the molecule is CCc1c(-n2c3ccccc3c3ccccc32)ccc2c1c1c(-c3ccccc3)cccc1n2-c1ccccc1. The maximum absolute atomic E-state index is 2.47. The molecule has 190 valence electrons. The molecule has 0 saturated carbocycles. The third-order valence-electron chi connectivity index (χ3n) is 8.31. The minimum atomic E-state index is 0.921. The lowest BCUT2D eigenvalue weighted by Crippen LogP contribution is -2.00. The summed E-state index contributed by atoms with van der Waals surface area (Å²) in [7, 11) is 0. The molecule has 8 aromatic rings. The maximum atomic E-state index is 2.47. The van der Waals surface area contributed by atoms with Gasteiger partial charge in [-0.3, -0.25) is 0 Å². The average molecular weight is 513 g/mol. The molecule has 0 bridgehead atoms. The Morgan fingerprint density at radius 2 is 1.02 bits per heavy atom. The molecule has 0 aliphatic heterocycles. The standard InChI is InChI=1S/C38H28N2/c1-2-28-34(40-32-21-11-9-18-30(32)31-19-10-12-22-33(31)40)24-25-36-37(28)38-29(26-14-5-3-6-15-26)20-13-23-35(38)39(36)27-16-7-4-8-17-27/h3-25H,2H2,1H3. The Kier molecular flexibility index (Phi) is 5.14. The van der Waals surface area contributed by atoms with E-state index in [1.54, 1.807) is 0 Å². The van der Waals surface area contributed by atoms with E-state index in [9.17, 15) is 0 Å². The van der Waals surface area contributed by atoms with Gasteiger partial charge in [0.15, 0.2) is 0 Å². The van der Waals surface area contributed by atoms with Crippen LogP contribution in [0.4, 0.5) is 0 Å². The Hall–Kier alpha value is -5.08. The lowest BCUT2D eigenvalue weighted by atomic mass is 9.95. The summed E-state index contributed by atoms with van der Waals surface area (Å²) in [5.74, 6) is 0. The van der Waals surface area contributed by atoms with Gasteiger partial charge >= 0.3 is 0 Å². The number of hydrogen-bond donors (Lipinski definition) is 0. The molecular weight excluding hydrogens is 484 g/mol. The highest BCUT2D eigenvalue weighted by atomic mass is 15.0. The van der Waals surface area contributed by atoms with Crippen LogP contribution in [-0.4, -0.2) is 9.13 Å². The molecule has 40 heavy (non-hydrogen) atoms. The normalized spacial score (nSPS) is 11.7. The first-order valence-electron chi connectivity index (χ1n) is 14.0. The molecule has 0 amide bonds. The van der Waals surface area contributed by atoms with Crippen molar-refractivity contribution in [3.63, 3.8) is 0 Å². The van der Waals surface area contributed by atoms with Crippen LogP contribution in [0.2, 0.25) is 0 Å². The Balaban J connectivity index is 1.57. The summed E-state index contributed by atoms with van der Waals surface area (Å²) >= 11 is 0. The van der Waals surface area contributed by atoms with Crippen LogP contribution in [0.15, 0.2) is 140 Å². The lowest BCUT2D eigenvalue weighted by molar-refractivity contribution is 1.08. The molecule has 2 heterocycles. The van der Waals surface area contributed by atoms with E-state index in [4.69, 9.17) is 0 Å². The van der Waals surface area contributed by atoms with Gasteiger partial charge < -0.3 is 9.13 Å². The summed E-state index contributed by atoms with van der Waals surface area (Å²) in [6, 6.07) is 50.5. The number of fused-ring (bicyclic) bond motifs is 6. The number of para-hydroxylation sites is 3. The molecule has 0 saturated heterocycles. The largest absolute Gasteiger partial charge is 0.309 e. The first-order chi connectivity index (χ1) is 19.8. The molecule has 0 aliphatic rings. The highest BCUT2D eigenvalue weighted by Gasteiger charge is 2.22. The van der Waals surface area contributed by atoms with Crippen molar-refractivity contribution in [2.45, 2.75) is 13.3 Å². The first kappa shape index (κ1) is 22.9. The van der Waals surface area contributed by atoms with Gasteiger partial charge in [-0.05, 0) is 65.6 Å². The van der Waals surface area contributed by atoms with Gasteiger partial charge in [0.1, 0.15) is 0 Å². The fourth-order valence-corrected chi connectivity index (χ4v) is 6.67. The van der Waals surface area contributed by atoms with Crippen molar-refractivity contribution in [2.75, 3.05) is 0 Å². The number of aryl methyl sites for hydroxylation is 1. The molecule has 0 radical (unpaired) electrons. The number of hydrogen-bond acceptors (Lipinski definition) is 0. The van der Waals surface area contributed by atoms with E-state index in [0.717, 1.165) is 6.42 Å². The Bertz CT molecular complexity index is 2130. The molecule has 0 unspecified atom stereocenters. The molecule has 0 atom stereocenters. The van der Waals surface area contributed by atoms with Crippen molar-refractivity contribution >= 4 is 43.6 Å². The molecule has 2 aromatic heterocycles. The zero-order chi connectivity index (χ0) is 26.6. The average Bonchev–Trinajstić information content (AvgIpc) is 3.54. The zero-order valence-electron chi connectivity index (χ0n) is 22.4. The van der Waals surface area contributed by atoms with Gasteiger partial charge in [-0.25, -0.2) is 0 Å². The molecule has 0 aliphatic carbocycles. The predicted octanol–water partition coefficient (Wildman–Crippen LogP) is 10.1. The maximum Gasteiger partial charge on any atom is 0.0547 e. The van der Waals surface area contributed by atoms with Gasteiger partial charge in [0.25, 0.3) is 0 Å². The highest BCUT2D eigenvalue weighted by Crippen LogP contribution is 2.43. The van der Waals surface area contributed by atoms with Crippen molar-refractivity contribution < 1.29 is 0 Å². The van der Waals surface area contributed by atoms with E-state index in [1.807, 2.05) is 0 Å². The Morgan fingerprint density at radius 3 is 1.70 bits per heavy atom. The topological polar surface area (TPSA) is 9.86 Å². The summed E-state index contributed by atoms with van der Waals surface area (Å²) in [5.41, 5.74) is 11.3. The Labute approximate surface area is 233 Å². The van der Waals surface area contributed by atoms with Crippen LogP contribution < -0.4 is 0 Å². The molecule has 0 N–H and O–H groups in total.